The molecule has 146 valence electrons. The Morgan fingerprint density at radius 3 is 2.41 bits per heavy atom. The molecule has 27 heavy (non-hydrogen) atoms. The molecule has 1 saturated heterocycles. The minimum absolute atomic E-state index is 0.587. The standard InChI is InChI=1S/C20H31N7/c1-16-8-10-27(11-9-16)14-18-6-4-17(5-7-18)12-22-20(21-2)23-13-19-24-15-25-26(19)3/h4-7,15-16H,8-14H2,1-3H3,(H2,21,22,23). The Morgan fingerprint density at radius 1 is 1.11 bits per heavy atom. The van der Waals surface area contributed by atoms with Crippen LogP contribution in [-0.2, 0) is 26.7 Å². The van der Waals surface area contributed by atoms with E-state index in [9.17, 15) is 0 Å². The molecule has 7 heteroatoms. The Bertz CT molecular complexity index is 727. The quantitative estimate of drug-likeness (QED) is 0.601. The van der Waals surface area contributed by atoms with Gasteiger partial charge in [0.2, 0.25) is 0 Å². The average Bonchev–Trinajstić information content (AvgIpc) is 3.10. The number of nitrogens with zero attached hydrogens (tertiary/aromatic N) is 5. The second kappa shape index (κ2) is 9.50. The van der Waals surface area contributed by atoms with E-state index in [1.807, 2.05) is 7.05 Å². The summed E-state index contributed by atoms with van der Waals surface area (Å²) in [5.41, 5.74) is 2.63. The first-order chi connectivity index (χ1) is 13.1. The SMILES string of the molecule is CN=C(NCc1ccc(CN2CCC(C)CC2)cc1)NCc1ncnn1C. The van der Waals surface area contributed by atoms with Gasteiger partial charge in [-0.1, -0.05) is 31.2 Å². The number of aromatic nitrogens is 3. The van der Waals surface area contributed by atoms with E-state index in [1.165, 1.54) is 37.1 Å². The summed E-state index contributed by atoms with van der Waals surface area (Å²) < 4.78 is 1.75. The third kappa shape index (κ3) is 5.79. The molecule has 1 aliphatic rings. The molecule has 1 aliphatic heterocycles. The summed E-state index contributed by atoms with van der Waals surface area (Å²) in [7, 11) is 3.65. The van der Waals surface area contributed by atoms with E-state index in [4.69, 9.17) is 0 Å². The van der Waals surface area contributed by atoms with E-state index in [-0.39, 0.29) is 0 Å². The first kappa shape index (κ1) is 19.4. The zero-order chi connectivity index (χ0) is 19.1. The fourth-order valence-corrected chi connectivity index (χ4v) is 3.29. The molecule has 7 nitrogen and oxygen atoms in total. The number of aliphatic imine (C=N–C) groups is 1. The van der Waals surface area contributed by atoms with Crippen LogP contribution in [0.4, 0.5) is 0 Å². The highest BCUT2D eigenvalue weighted by Gasteiger charge is 2.15. The third-order valence-electron chi connectivity index (χ3n) is 5.21. The van der Waals surface area contributed by atoms with Crippen LogP contribution < -0.4 is 10.6 Å². The number of benzene rings is 1. The molecule has 3 rings (SSSR count). The monoisotopic (exact) mass is 369 g/mol. The maximum Gasteiger partial charge on any atom is 0.191 e. The first-order valence-electron chi connectivity index (χ1n) is 9.71. The lowest BCUT2D eigenvalue weighted by Gasteiger charge is -2.30. The summed E-state index contributed by atoms with van der Waals surface area (Å²) in [5.74, 6) is 2.50. The van der Waals surface area contributed by atoms with Crippen molar-refractivity contribution >= 4 is 5.96 Å². The van der Waals surface area contributed by atoms with Crippen LogP contribution in [0.15, 0.2) is 35.6 Å². The van der Waals surface area contributed by atoms with Crippen molar-refractivity contribution in [1.29, 1.82) is 0 Å². The number of hydrogen-bond acceptors (Lipinski definition) is 4. The van der Waals surface area contributed by atoms with E-state index in [2.05, 4.69) is 61.8 Å². The topological polar surface area (TPSA) is 70.4 Å². The summed E-state index contributed by atoms with van der Waals surface area (Å²) in [5, 5.41) is 10.7. The van der Waals surface area contributed by atoms with Crippen molar-refractivity contribution in [2.24, 2.45) is 18.0 Å². The predicted octanol–water partition coefficient (Wildman–Crippen LogP) is 1.91. The molecule has 1 fully saturated rings. The van der Waals surface area contributed by atoms with Crippen molar-refractivity contribution in [1.82, 2.24) is 30.3 Å². The van der Waals surface area contributed by atoms with Crippen molar-refractivity contribution in [3.8, 4) is 0 Å². The maximum absolute atomic E-state index is 4.26. The van der Waals surface area contributed by atoms with Crippen LogP contribution in [0, 0.1) is 5.92 Å². The van der Waals surface area contributed by atoms with Crippen molar-refractivity contribution in [2.45, 2.75) is 39.4 Å². The summed E-state index contributed by atoms with van der Waals surface area (Å²) in [6.45, 7) is 7.18. The second-order valence-corrected chi connectivity index (χ2v) is 7.35. The fraction of sp³-hybridized carbons (Fsp3) is 0.550. The van der Waals surface area contributed by atoms with Crippen molar-refractivity contribution in [3.63, 3.8) is 0 Å². The highest BCUT2D eigenvalue weighted by molar-refractivity contribution is 5.79. The number of nitrogens with one attached hydrogen (secondary N) is 2. The molecule has 0 radical (unpaired) electrons. The lowest BCUT2D eigenvalue weighted by molar-refractivity contribution is 0.185. The fourth-order valence-electron chi connectivity index (χ4n) is 3.29. The minimum atomic E-state index is 0.587. The Hall–Kier alpha value is -2.41. The lowest BCUT2D eigenvalue weighted by Crippen LogP contribution is -2.37. The molecule has 0 atom stereocenters. The van der Waals surface area contributed by atoms with Gasteiger partial charge in [-0.2, -0.15) is 5.10 Å². The second-order valence-electron chi connectivity index (χ2n) is 7.35. The van der Waals surface area contributed by atoms with Gasteiger partial charge in [0, 0.05) is 27.2 Å². The average molecular weight is 370 g/mol. The molecular weight excluding hydrogens is 338 g/mol. The van der Waals surface area contributed by atoms with Gasteiger partial charge >= 0.3 is 0 Å². The number of likely N-dealkylation sites (tertiary alicyclic amines) is 1. The van der Waals surface area contributed by atoms with Gasteiger partial charge in [0.05, 0.1) is 6.54 Å². The van der Waals surface area contributed by atoms with Crippen LogP contribution >= 0.6 is 0 Å². The van der Waals surface area contributed by atoms with Gasteiger partial charge in [0.25, 0.3) is 0 Å². The molecule has 0 bridgehead atoms. The first-order valence-corrected chi connectivity index (χ1v) is 9.71. The molecule has 2 N–H and O–H groups in total. The summed E-state index contributed by atoms with van der Waals surface area (Å²) in [6.07, 6.45) is 4.20. The van der Waals surface area contributed by atoms with Gasteiger partial charge in [0.15, 0.2) is 5.96 Å². The van der Waals surface area contributed by atoms with Gasteiger partial charge in [-0.15, -0.1) is 0 Å². The van der Waals surface area contributed by atoms with Gasteiger partial charge in [-0.25, -0.2) is 4.98 Å². The molecule has 0 unspecified atom stereocenters. The Kier molecular flexibility index (Phi) is 6.81. The molecule has 0 aliphatic carbocycles. The Morgan fingerprint density at radius 2 is 1.78 bits per heavy atom. The van der Waals surface area contributed by atoms with Gasteiger partial charge in [0.1, 0.15) is 12.2 Å². The Balaban J connectivity index is 1.44. The van der Waals surface area contributed by atoms with E-state index >= 15 is 0 Å². The molecule has 1 aromatic heterocycles. The molecular formula is C20H31N7. The predicted molar refractivity (Wildman–Crippen MR) is 108 cm³/mol. The summed E-state index contributed by atoms with van der Waals surface area (Å²) in [6, 6.07) is 8.88. The number of aryl methyl sites for hydroxylation is 1. The van der Waals surface area contributed by atoms with Crippen LogP contribution in [0.3, 0.4) is 0 Å². The zero-order valence-corrected chi connectivity index (χ0v) is 16.6. The molecule has 2 heterocycles. The maximum atomic E-state index is 4.26. The smallest absolute Gasteiger partial charge is 0.191 e. The van der Waals surface area contributed by atoms with E-state index in [0.29, 0.717) is 6.54 Å². The van der Waals surface area contributed by atoms with Crippen LogP contribution in [0.1, 0.15) is 36.7 Å². The lowest BCUT2D eigenvalue weighted by atomic mass is 9.99. The zero-order valence-electron chi connectivity index (χ0n) is 16.6. The van der Waals surface area contributed by atoms with Crippen LogP contribution in [-0.4, -0.2) is 45.8 Å². The number of guanidine groups is 1. The van der Waals surface area contributed by atoms with Crippen molar-refractivity contribution in [2.75, 3.05) is 20.1 Å². The molecule has 0 spiro atoms. The van der Waals surface area contributed by atoms with Crippen molar-refractivity contribution in [3.05, 3.63) is 47.5 Å². The highest BCUT2D eigenvalue weighted by atomic mass is 15.3. The molecule has 1 aromatic carbocycles. The largest absolute Gasteiger partial charge is 0.352 e. The third-order valence-corrected chi connectivity index (χ3v) is 5.21. The van der Waals surface area contributed by atoms with Crippen LogP contribution in [0.25, 0.3) is 0 Å². The van der Waals surface area contributed by atoms with Gasteiger partial charge < -0.3 is 10.6 Å². The van der Waals surface area contributed by atoms with E-state index in [0.717, 1.165) is 30.8 Å². The van der Waals surface area contributed by atoms with Crippen molar-refractivity contribution < 1.29 is 0 Å². The summed E-state index contributed by atoms with van der Waals surface area (Å²) >= 11 is 0. The number of hydrogen-bond donors (Lipinski definition) is 2. The van der Waals surface area contributed by atoms with E-state index < -0.39 is 0 Å². The van der Waals surface area contributed by atoms with E-state index in [1.54, 1.807) is 18.1 Å². The highest BCUT2D eigenvalue weighted by Crippen LogP contribution is 2.18. The normalized spacial score (nSPS) is 16.5. The van der Waals surface area contributed by atoms with Gasteiger partial charge in [-0.3, -0.25) is 14.6 Å². The molecule has 2 aromatic rings. The summed E-state index contributed by atoms with van der Waals surface area (Å²) in [4.78, 5) is 11.0. The van der Waals surface area contributed by atoms with Gasteiger partial charge in [-0.05, 0) is 43.0 Å². The number of piperidine rings is 1. The Labute approximate surface area is 161 Å². The molecule has 0 amide bonds. The molecule has 0 saturated carbocycles. The number of rotatable bonds is 6. The minimum Gasteiger partial charge on any atom is -0.352 e. The van der Waals surface area contributed by atoms with Crippen LogP contribution in [0.5, 0.6) is 0 Å². The van der Waals surface area contributed by atoms with Crippen LogP contribution in [0.2, 0.25) is 0 Å².